The summed E-state index contributed by atoms with van der Waals surface area (Å²) in [4.78, 5) is 0. The Morgan fingerprint density at radius 1 is 0.449 bits per heavy atom. The van der Waals surface area contributed by atoms with E-state index in [1.807, 2.05) is 0 Å². The maximum Gasteiger partial charge on any atom is 0 e. The van der Waals surface area contributed by atoms with Crippen LogP contribution < -0.4 is 0 Å². The van der Waals surface area contributed by atoms with Crippen LogP contribution in [0.4, 0.5) is 17.1 Å². The van der Waals surface area contributed by atoms with E-state index < -0.39 is 0 Å². The molecule has 0 heterocycles. The summed E-state index contributed by atoms with van der Waals surface area (Å²) in [6.07, 6.45) is 0.952. The molecule has 3 aromatic rings. The second-order valence-corrected chi connectivity index (χ2v) is 16.0. The minimum absolute atomic E-state index is 0. The molecule has 1 N–H and O–H groups in total. The minimum atomic E-state index is 0. The maximum atomic E-state index is 8.01. The number of nitrogens with zero attached hydrogens (tertiary/aromatic N) is 2. The predicted octanol–water partition coefficient (Wildman–Crippen LogP) is 16.3. The van der Waals surface area contributed by atoms with Crippen LogP contribution in [-0.4, -0.2) is 12.1 Å². The van der Waals surface area contributed by atoms with E-state index in [9.17, 15) is 0 Å². The molecule has 3 rings (SSSR count). The Hall–Kier alpha value is -2.07. The predicted molar refractivity (Wildman–Crippen MR) is 218 cm³/mol. The van der Waals surface area contributed by atoms with Crippen molar-refractivity contribution in [3.05, 3.63) is 110 Å². The third-order valence-corrected chi connectivity index (χ3v) is 8.44. The third kappa shape index (κ3) is 15.4. The summed E-state index contributed by atoms with van der Waals surface area (Å²) in [7, 11) is 0. The van der Waals surface area contributed by atoms with Gasteiger partial charge < -0.3 is 22.3 Å². The molecule has 0 bridgehead atoms. The average molecular weight is 699 g/mol. The molecule has 0 aliphatic rings. The molecule has 0 saturated carbocycles. The SMILES string of the molecule is CC(C)c1cccc(C(C)C)c1[NH-].CC(CC(C)[N-]c1c(C(C)C)cccc1C(C)C)[N-]c1c(C(C)C)cccc1C(C)C.C[C-](C)C.[Sc]. The first kappa shape index (κ1) is 46.9. The average Bonchev–Trinajstić information content (AvgIpc) is 2.96. The van der Waals surface area contributed by atoms with E-state index in [1.165, 1.54) is 39.5 Å². The summed E-state index contributed by atoms with van der Waals surface area (Å²) in [5.74, 6) is 4.20. The fraction of sp³-hybridized carbons (Fsp3) is 0.578. The van der Waals surface area contributed by atoms with Gasteiger partial charge in [0.1, 0.15) is 0 Å². The van der Waals surface area contributed by atoms with Crippen molar-refractivity contribution in [1.29, 1.82) is 0 Å². The molecule has 0 aromatic heterocycles. The molecule has 0 spiro atoms. The van der Waals surface area contributed by atoms with Crippen LogP contribution in [0.1, 0.15) is 193 Å². The second kappa shape index (κ2) is 22.7. The molecular formula is C45H71N3Sc-4. The van der Waals surface area contributed by atoms with Crippen molar-refractivity contribution >= 4 is 17.1 Å². The number of para-hydroxylation sites is 2. The monoisotopic (exact) mass is 699 g/mol. The first-order chi connectivity index (χ1) is 22.3. The van der Waals surface area contributed by atoms with Crippen molar-refractivity contribution in [3.8, 4) is 0 Å². The van der Waals surface area contributed by atoms with Crippen LogP contribution in [0, 0.1) is 5.92 Å². The molecule has 0 aliphatic heterocycles. The van der Waals surface area contributed by atoms with Crippen molar-refractivity contribution < 1.29 is 25.8 Å². The van der Waals surface area contributed by atoms with E-state index >= 15 is 0 Å². The third-order valence-electron chi connectivity index (χ3n) is 8.44. The van der Waals surface area contributed by atoms with Gasteiger partial charge in [0.2, 0.25) is 0 Å². The van der Waals surface area contributed by atoms with Gasteiger partial charge in [-0.3, -0.25) is 0 Å². The van der Waals surface area contributed by atoms with Crippen molar-refractivity contribution in [2.24, 2.45) is 0 Å². The van der Waals surface area contributed by atoms with Gasteiger partial charge >= 0.3 is 0 Å². The van der Waals surface area contributed by atoms with Crippen LogP contribution in [0.2, 0.25) is 0 Å². The molecule has 2 atom stereocenters. The largest absolute Gasteiger partial charge is 0.698 e. The summed E-state index contributed by atoms with van der Waals surface area (Å²) < 4.78 is 0. The molecule has 0 fully saturated rings. The molecule has 2 unspecified atom stereocenters. The van der Waals surface area contributed by atoms with E-state index in [4.69, 9.17) is 16.4 Å². The Balaban J connectivity index is 0.00000106. The molecule has 3 aromatic carbocycles. The molecular weight excluding hydrogens is 627 g/mol. The van der Waals surface area contributed by atoms with Gasteiger partial charge in [0, 0.05) is 25.8 Å². The molecule has 4 heteroatoms. The van der Waals surface area contributed by atoms with Gasteiger partial charge in [0.15, 0.2) is 0 Å². The Labute approximate surface area is 323 Å². The van der Waals surface area contributed by atoms with Gasteiger partial charge in [-0.1, -0.05) is 191 Å². The van der Waals surface area contributed by atoms with Crippen LogP contribution >= 0.6 is 0 Å². The minimum Gasteiger partial charge on any atom is -0.698 e. The van der Waals surface area contributed by atoms with Crippen LogP contribution in [0.15, 0.2) is 54.6 Å². The van der Waals surface area contributed by atoms with Crippen LogP contribution in [0.5, 0.6) is 0 Å². The molecule has 0 saturated heterocycles. The summed E-state index contributed by atoms with van der Waals surface area (Å²) in [5.41, 5.74) is 18.9. The standard InChI is InChI=1S/C29H44N2.C12H18N.C4H9.Sc/c1-18(2)24-13-11-14-25(19(3)4)28(24)30-22(9)17-23(10)31-29-26(20(5)6)15-12-16-27(29)21(7)8;1-8(2)10-6-5-7-11(9(3)4)12(10)13;1-4(2)3;/h11-16,18-23H,17H2,1-10H3;5-9,13H,1-4H3;1-3H3;/q-2;2*-1;. The number of nitrogens with one attached hydrogen (secondary N) is 1. The van der Waals surface area contributed by atoms with E-state index in [0.29, 0.717) is 35.5 Å². The summed E-state index contributed by atoms with van der Waals surface area (Å²) in [6, 6.07) is 19.9. The normalized spacial score (nSPS) is 12.5. The zero-order valence-electron chi connectivity index (χ0n) is 34.5. The zero-order chi connectivity index (χ0) is 36.9. The van der Waals surface area contributed by atoms with Gasteiger partial charge in [0.05, 0.1) is 0 Å². The molecule has 3 nitrogen and oxygen atoms in total. The van der Waals surface area contributed by atoms with Crippen LogP contribution in [0.3, 0.4) is 0 Å². The molecule has 1 radical (unpaired) electrons. The van der Waals surface area contributed by atoms with Gasteiger partial charge in [-0.2, -0.15) is 20.8 Å². The molecule has 0 aliphatic carbocycles. The van der Waals surface area contributed by atoms with Gasteiger partial charge in [-0.15, -0.1) is 29.1 Å². The fourth-order valence-corrected chi connectivity index (χ4v) is 5.91. The fourth-order valence-electron chi connectivity index (χ4n) is 5.91. The number of hydrogen-bond donors (Lipinski definition) is 0. The zero-order valence-corrected chi connectivity index (χ0v) is 36.3. The number of benzene rings is 3. The van der Waals surface area contributed by atoms with Crippen molar-refractivity contribution in [3.63, 3.8) is 0 Å². The Bertz CT molecular complexity index is 1200. The topological polar surface area (TPSA) is 52.0 Å². The first-order valence-electron chi connectivity index (χ1n) is 18.6. The maximum absolute atomic E-state index is 8.01. The first-order valence-corrected chi connectivity index (χ1v) is 18.6. The van der Waals surface area contributed by atoms with E-state index in [1.54, 1.807) is 0 Å². The second-order valence-electron chi connectivity index (χ2n) is 16.0. The smallest absolute Gasteiger partial charge is 0 e. The van der Waals surface area contributed by atoms with Gasteiger partial charge in [-0.05, 0) is 35.5 Å². The summed E-state index contributed by atoms with van der Waals surface area (Å²) >= 11 is 0. The number of hydrogen-bond acceptors (Lipinski definition) is 0. The Morgan fingerprint density at radius 2 is 0.653 bits per heavy atom. The number of rotatable bonds is 12. The molecule has 0 amide bonds. The molecule has 49 heavy (non-hydrogen) atoms. The molecule has 273 valence electrons. The van der Waals surface area contributed by atoms with E-state index in [-0.39, 0.29) is 37.9 Å². The quantitative estimate of drug-likeness (QED) is 0.169. The Morgan fingerprint density at radius 3 is 0.857 bits per heavy atom. The van der Waals surface area contributed by atoms with E-state index in [0.717, 1.165) is 23.2 Å². The van der Waals surface area contributed by atoms with E-state index in [2.05, 4.69) is 172 Å². The van der Waals surface area contributed by atoms with Crippen molar-refractivity contribution in [2.75, 3.05) is 0 Å². The van der Waals surface area contributed by atoms with Crippen molar-refractivity contribution in [2.45, 2.75) is 172 Å². The van der Waals surface area contributed by atoms with Gasteiger partial charge in [0.25, 0.3) is 0 Å². The summed E-state index contributed by atoms with van der Waals surface area (Å²) in [6.45, 7) is 37.4. The van der Waals surface area contributed by atoms with Crippen molar-refractivity contribution in [1.82, 2.24) is 0 Å². The van der Waals surface area contributed by atoms with Crippen LogP contribution in [-0.2, 0) is 25.8 Å². The van der Waals surface area contributed by atoms with Gasteiger partial charge in [-0.25, -0.2) is 0 Å². The van der Waals surface area contributed by atoms with Crippen LogP contribution in [0.25, 0.3) is 16.4 Å². The Kier molecular flexibility index (Phi) is 21.7. The summed E-state index contributed by atoms with van der Waals surface area (Å²) in [5, 5.41) is 10.5.